The molecule has 0 radical (unpaired) electrons. The van der Waals surface area contributed by atoms with Crippen molar-refractivity contribution in [3.63, 3.8) is 0 Å². The zero-order valence-electron chi connectivity index (χ0n) is 20.3. The number of aromatic nitrogens is 7. The molecule has 10 nitrogen and oxygen atoms in total. The third kappa shape index (κ3) is 3.66. The first-order chi connectivity index (χ1) is 17.7. The minimum absolute atomic E-state index is 0.165. The second-order valence-electron chi connectivity index (χ2n) is 9.51. The molecule has 37 heavy (non-hydrogen) atoms. The SMILES string of the molecule is CC(O)c1ccn(-c2nc(-c3nn(Cc4ccccc4F)c4ncccc34)nc3c2C(C)(C)C(=O)N3)n1. The zero-order valence-corrected chi connectivity index (χ0v) is 20.3. The summed E-state index contributed by atoms with van der Waals surface area (Å²) in [7, 11) is 0. The van der Waals surface area contributed by atoms with Gasteiger partial charge in [0.2, 0.25) is 5.91 Å². The minimum Gasteiger partial charge on any atom is -0.387 e. The molecule has 2 N–H and O–H groups in total. The summed E-state index contributed by atoms with van der Waals surface area (Å²) in [6, 6.07) is 11.8. The molecule has 5 aromatic rings. The van der Waals surface area contributed by atoms with E-state index in [0.717, 1.165) is 0 Å². The van der Waals surface area contributed by atoms with E-state index in [-0.39, 0.29) is 24.1 Å². The highest BCUT2D eigenvalue weighted by molar-refractivity contribution is 6.06. The summed E-state index contributed by atoms with van der Waals surface area (Å²) in [5.74, 6) is 0.471. The van der Waals surface area contributed by atoms with Crippen LogP contribution in [0, 0.1) is 5.82 Å². The molecule has 11 heteroatoms. The highest BCUT2D eigenvalue weighted by atomic mass is 19.1. The molecule has 1 unspecified atom stereocenters. The molecule has 1 aromatic carbocycles. The van der Waals surface area contributed by atoms with Gasteiger partial charge in [-0.3, -0.25) is 4.79 Å². The summed E-state index contributed by atoms with van der Waals surface area (Å²) in [6.07, 6.45) is 2.56. The van der Waals surface area contributed by atoms with Crippen molar-refractivity contribution in [3.8, 4) is 17.3 Å². The van der Waals surface area contributed by atoms with Crippen LogP contribution in [0.3, 0.4) is 0 Å². The number of benzene rings is 1. The Kier molecular flexibility index (Phi) is 5.12. The number of hydrogen-bond acceptors (Lipinski definition) is 7. The highest BCUT2D eigenvalue weighted by Gasteiger charge is 2.43. The van der Waals surface area contributed by atoms with Crippen LogP contribution in [0.5, 0.6) is 0 Å². The van der Waals surface area contributed by atoms with E-state index in [4.69, 9.17) is 10.1 Å². The smallest absolute Gasteiger partial charge is 0.235 e. The number of rotatable bonds is 5. The van der Waals surface area contributed by atoms with Gasteiger partial charge in [-0.05, 0) is 45.0 Å². The van der Waals surface area contributed by atoms with E-state index >= 15 is 0 Å². The van der Waals surface area contributed by atoms with E-state index < -0.39 is 11.5 Å². The van der Waals surface area contributed by atoms with Crippen LogP contribution in [-0.2, 0) is 16.8 Å². The first kappa shape index (κ1) is 22.9. The van der Waals surface area contributed by atoms with Crippen LogP contribution in [0.2, 0.25) is 0 Å². The van der Waals surface area contributed by atoms with Gasteiger partial charge in [0.05, 0.1) is 34.7 Å². The van der Waals surface area contributed by atoms with Gasteiger partial charge in [-0.15, -0.1) is 0 Å². The average molecular weight is 499 g/mol. The molecule has 0 bridgehead atoms. The van der Waals surface area contributed by atoms with Gasteiger partial charge in [-0.25, -0.2) is 28.7 Å². The number of hydrogen-bond donors (Lipinski definition) is 2. The van der Waals surface area contributed by atoms with Gasteiger partial charge in [0.1, 0.15) is 17.3 Å². The third-order valence-electron chi connectivity index (χ3n) is 6.57. The predicted molar refractivity (Wildman–Crippen MR) is 133 cm³/mol. The number of carbonyl (C=O) groups excluding carboxylic acids is 1. The summed E-state index contributed by atoms with van der Waals surface area (Å²) in [4.78, 5) is 26.8. The Bertz CT molecular complexity index is 1690. The summed E-state index contributed by atoms with van der Waals surface area (Å²) in [6.45, 7) is 5.38. The van der Waals surface area contributed by atoms with Crippen molar-refractivity contribution in [1.82, 2.24) is 34.5 Å². The van der Waals surface area contributed by atoms with Gasteiger partial charge < -0.3 is 10.4 Å². The molecule has 0 fully saturated rings. The summed E-state index contributed by atoms with van der Waals surface area (Å²) in [5.41, 5.74) is 1.60. The van der Waals surface area contributed by atoms with E-state index in [1.807, 2.05) is 6.07 Å². The summed E-state index contributed by atoms with van der Waals surface area (Å²) < 4.78 is 17.6. The topological polar surface area (TPSA) is 124 Å². The van der Waals surface area contributed by atoms with Crippen LogP contribution in [0.25, 0.3) is 28.4 Å². The summed E-state index contributed by atoms with van der Waals surface area (Å²) in [5, 5.41) is 22.7. The molecule has 0 saturated carbocycles. The summed E-state index contributed by atoms with van der Waals surface area (Å²) >= 11 is 0. The first-order valence-corrected chi connectivity index (χ1v) is 11.8. The lowest BCUT2D eigenvalue weighted by atomic mass is 9.87. The van der Waals surface area contributed by atoms with Gasteiger partial charge in [-0.2, -0.15) is 10.2 Å². The quantitative estimate of drug-likeness (QED) is 0.380. The largest absolute Gasteiger partial charge is 0.387 e. The number of anilines is 1. The van der Waals surface area contributed by atoms with Crippen LogP contribution >= 0.6 is 0 Å². The number of amides is 1. The first-order valence-electron chi connectivity index (χ1n) is 11.8. The molecule has 6 rings (SSSR count). The Morgan fingerprint density at radius 2 is 1.92 bits per heavy atom. The van der Waals surface area contributed by atoms with Crippen LogP contribution in [-0.4, -0.2) is 45.5 Å². The van der Waals surface area contributed by atoms with Gasteiger partial charge >= 0.3 is 0 Å². The number of aliphatic hydroxyl groups is 1. The van der Waals surface area contributed by atoms with Crippen molar-refractivity contribution < 1.29 is 14.3 Å². The monoisotopic (exact) mass is 498 g/mol. The number of nitrogens with zero attached hydrogens (tertiary/aromatic N) is 7. The van der Waals surface area contributed by atoms with Crippen LogP contribution in [0.4, 0.5) is 10.2 Å². The maximum absolute atomic E-state index is 14.4. The van der Waals surface area contributed by atoms with Crippen molar-refractivity contribution in [1.29, 1.82) is 0 Å². The second-order valence-corrected chi connectivity index (χ2v) is 9.51. The highest BCUT2D eigenvalue weighted by Crippen LogP contribution is 2.41. The molecule has 186 valence electrons. The third-order valence-corrected chi connectivity index (χ3v) is 6.57. The van der Waals surface area contributed by atoms with E-state index in [1.165, 1.54) is 10.7 Å². The molecule has 1 amide bonds. The molecule has 0 aliphatic carbocycles. The Balaban J connectivity index is 1.56. The van der Waals surface area contributed by atoms with Crippen molar-refractivity contribution in [3.05, 3.63) is 77.5 Å². The maximum atomic E-state index is 14.4. The molecule has 0 saturated heterocycles. The van der Waals surface area contributed by atoms with E-state index in [2.05, 4.69) is 20.4 Å². The van der Waals surface area contributed by atoms with Gasteiger partial charge in [-0.1, -0.05) is 18.2 Å². The Labute approximate surface area is 210 Å². The molecular weight excluding hydrogens is 475 g/mol. The number of carbonyl (C=O) groups is 1. The maximum Gasteiger partial charge on any atom is 0.235 e. The average Bonchev–Trinajstić information content (AvgIpc) is 3.56. The van der Waals surface area contributed by atoms with Crippen molar-refractivity contribution in [2.75, 3.05) is 5.32 Å². The lowest BCUT2D eigenvalue weighted by Crippen LogP contribution is -2.28. The predicted octanol–water partition coefficient (Wildman–Crippen LogP) is 3.54. The number of nitrogens with one attached hydrogen (secondary N) is 1. The standard InChI is InChI=1S/C26H23FN8O2/c1-14(36)18-10-12-34(32-18)24-19-21(31-25(37)26(19,2)3)29-22(30-24)20-16-8-6-11-28-23(16)35(33-20)13-15-7-4-5-9-17(15)27/h4-12,14,36H,13H2,1-3H3,(H,29,30,31,37). The zero-order chi connectivity index (χ0) is 25.9. The molecule has 5 heterocycles. The van der Waals surface area contributed by atoms with E-state index in [9.17, 15) is 14.3 Å². The van der Waals surface area contributed by atoms with Gasteiger partial charge in [0.15, 0.2) is 17.3 Å². The van der Waals surface area contributed by atoms with E-state index in [0.29, 0.717) is 45.2 Å². The van der Waals surface area contributed by atoms with Crippen LogP contribution in [0.1, 0.15) is 43.7 Å². The second kappa shape index (κ2) is 8.27. The van der Waals surface area contributed by atoms with Crippen LogP contribution in [0.15, 0.2) is 54.9 Å². The van der Waals surface area contributed by atoms with E-state index in [1.54, 1.807) is 68.2 Å². The lowest BCUT2D eigenvalue weighted by molar-refractivity contribution is -0.119. The fourth-order valence-electron chi connectivity index (χ4n) is 4.52. The van der Waals surface area contributed by atoms with Crippen molar-refractivity contribution >= 4 is 22.8 Å². The molecule has 4 aromatic heterocycles. The minimum atomic E-state index is -0.909. The normalized spacial score (nSPS) is 15.1. The van der Waals surface area contributed by atoms with Gasteiger partial charge in [0, 0.05) is 18.0 Å². The molecule has 0 spiro atoms. The Morgan fingerprint density at radius 3 is 2.68 bits per heavy atom. The molecule has 1 aliphatic rings. The Hall–Kier alpha value is -4.51. The van der Waals surface area contributed by atoms with Crippen molar-refractivity contribution in [2.45, 2.75) is 38.8 Å². The molecular formula is C26H23FN8O2. The lowest BCUT2D eigenvalue weighted by Gasteiger charge is -2.18. The van der Waals surface area contributed by atoms with Gasteiger partial charge in [0.25, 0.3) is 0 Å². The fraction of sp³-hybridized carbons (Fsp3) is 0.231. The van der Waals surface area contributed by atoms with Crippen molar-refractivity contribution in [2.24, 2.45) is 0 Å². The number of pyridine rings is 1. The van der Waals surface area contributed by atoms with Crippen LogP contribution < -0.4 is 5.32 Å². The molecule has 1 atom stereocenters. The fourth-order valence-corrected chi connectivity index (χ4v) is 4.52. The molecule has 1 aliphatic heterocycles. The number of aliphatic hydroxyl groups excluding tert-OH is 1. The number of fused-ring (bicyclic) bond motifs is 2. The Morgan fingerprint density at radius 1 is 1.11 bits per heavy atom. The number of halogens is 1.